The first kappa shape index (κ1) is 19.8. The average Bonchev–Trinajstić information content (AvgIpc) is 2.61. The lowest BCUT2D eigenvalue weighted by Crippen LogP contribution is -2.37. The molecule has 8 heteroatoms. The number of nitrogens with zero attached hydrogens (tertiary/aromatic N) is 1. The smallest absolute Gasteiger partial charge is 0.338 e. The van der Waals surface area contributed by atoms with Crippen LogP contribution in [-0.4, -0.2) is 42.9 Å². The number of likely N-dealkylation sites (N-methyl/N-ethyl adjacent to an activating group) is 1. The number of carbonyl (C=O) groups excluding carboxylic acids is 3. The van der Waals surface area contributed by atoms with Gasteiger partial charge in [0.25, 0.3) is 5.91 Å². The highest BCUT2D eigenvalue weighted by Gasteiger charge is 2.16. The van der Waals surface area contributed by atoms with Crippen molar-refractivity contribution in [2.45, 2.75) is 0 Å². The largest absolute Gasteiger partial charge is 0.452 e. The number of carbonyl (C=O) groups is 3. The summed E-state index contributed by atoms with van der Waals surface area (Å²) in [4.78, 5) is 37.0. The molecule has 0 aromatic heterocycles. The zero-order valence-electron chi connectivity index (χ0n) is 13.9. The molecule has 0 spiro atoms. The van der Waals surface area contributed by atoms with Crippen molar-refractivity contribution in [3.63, 3.8) is 0 Å². The minimum Gasteiger partial charge on any atom is -0.452 e. The summed E-state index contributed by atoms with van der Waals surface area (Å²) in [7, 11) is 1.44. The second kappa shape index (κ2) is 9.22. The summed E-state index contributed by atoms with van der Waals surface area (Å²) in [6.45, 7) is -0.681. The molecule has 0 fully saturated rings. The van der Waals surface area contributed by atoms with E-state index in [1.165, 1.54) is 19.2 Å². The molecule has 6 nitrogen and oxygen atoms in total. The van der Waals surface area contributed by atoms with Crippen LogP contribution in [-0.2, 0) is 14.3 Å². The third-order valence-corrected chi connectivity index (χ3v) is 3.94. The fourth-order valence-electron chi connectivity index (χ4n) is 1.96. The molecule has 0 radical (unpaired) electrons. The number of halogens is 2. The number of benzene rings is 2. The van der Waals surface area contributed by atoms with Crippen LogP contribution in [0.5, 0.6) is 0 Å². The predicted octanol–water partition coefficient (Wildman–Crippen LogP) is 3.25. The van der Waals surface area contributed by atoms with Crippen LogP contribution in [0.15, 0.2) is 48.5 Å². The van der Waals surface area contributed by atoms with Crippen molar-refractivity contribution in [3.8, 4) is 0 Å². The van der Waals surface area contributed by atoms with Crippen LogP contribution in [0.4, 0.5) is 5.69 Å². The lowest BCUT2D eigenvalue weighted by molar-refractivity contribution is -0.136. The van der Waals surface area contributed by atoms with E-state index in [1.54, 1.807) is 36.4 Å². The number of hydrogen-bond acceptors (Lipinski definition) is 4. The molecule has 2 aromatic rings. The van der Waals surface area contributed by atoms with Gasteiger partial charge in [-0.1, -0.05) is 35.3 Å². The van der Waals surface area contributed by atoms with Crippen molar-refractivity contribution in [2.24, 2.45) is 0 Å². The van der Waals surface area contributed by atoms with Crippen molar-refractivity contribution in [3.05, 3.63) is 64.1 Å². The molecule has 2 rings (SSSR count). The number of anilines is 1. The lowest BCUT2D eigenvalue weighted by atomic mass is 10.2. The van der Waals surface area contributed by atoms with Gasteiger partial charge in [-0.05, 0) is 36.4 Å². The first-order chi connectivity index (χ1) is 12.4. The molecule has 0 bridgehead atoms. The zero-order chi connectivity index (χ0) is 19.1. The summed E-state index contributed by atoms with van der Waals surface area (Å²) >= 11 is 11.7. The van der Waals surface area contributed by atoms with Gasteiger partial charge in [0, 0.05) is 12.1 Å². The van der Waals surface area contributed by atoms with E-state index in [1.807, 2.05) is 0 Å². The number of nitrogens with one attached hydrogen (secondary N) is 1. The third kappa shape index (κ3) is 5.75. The van der Waals surface area contributed by atoms with Crippen molar-refractivity contribution < 1.29 is 19.1 Å². The molecule has 0 saturated carbocycles. The van der Waals surface area contributed by atoms with Gasteiger partial charge in [0.2, 0.25) is 5.91 Å². The first-order valence-corrected chi connectivity index (χ1v) is 8.33. The van der Waals surface area contributed by atoms with Crippen molar-refractivity contribution in [2.75, 3.05) is 25.5 Å². The zero-order valence-corrected chi connectivity index (χ0v) is 15.4. The molecule has 0 saturated heterocycles. The quantitative estimate of drug-likeness (QED) is 0.762. The second-order valence-electron chi connectivity index (χ2n) is 5.36. The highest BCUT2D eigenvalue weighted by molar-refractivity contribution is 6.33. The summed E-state index contributed by atoms with van der Waals surface area (Å²) in [5.74, 6) is -1.58. The van der Waals surface area contributed by atoms with Gasteiger partial charge in [-0.3, -0.25) is 9.59 Å². The Bertz CT molecular complexity index is 809. The van der Waals surface area contributed by atoms with E-state index in [4.69, 9.17) is 27.9 Å². The summed E-state index contributed by atoms with van der Waals surface area (Å²) in [6, 6.07) is 12.8. The van der Waals surface area contributed by atoms with Gasteiger partial charge < -0.3 is 15.0 Å². The van der Waals surface area contributed by atoms with Gasteiger partial charge in [-0.15, -0.1) is 0 Å². The van der Waals surface area contributed by atoms with E-state index in [9.17, 15) is 14.4 Å². The highest BCUT2D eigenvalue weighted by Crippen LogP contribution is 2.20. The first-order valence-electron chi connectivity index (χ1n) is 7.58. The summed E-state index contributed by atoms with van der Waals surface area (Å²) < 4.78 is 4.94. The Morgan fingerprint density at radius 2 is 1.69 bits per heavy atom. The van der Waals surface area contributed by atoms with Gasteiger partial charge >= 0.3 is 5.97 Å². The van der Waals surface area contributed by atoms with Gasteiger partial charge in [-0.25, -0.2) is 4.79 Å². The topological polar surface area (TPSA) is 75.7 Å². The molecule has 1 N–H and O–H groups in total. The number of esters is 1. The fraction of sp³-hybridized carbons (Fsp3) is 0.167. The Morgan fingerprint density at radius 3 is 2.35 bits per heavy atom. The summed E-state index contributed by atoms with van der Waals surface area (Å²) in [5, 5.41) is 3.49. The number of para-hydroxylation sites is 1. The molecular weight excluding hydrogens is 379 g/mol. The van der Waals surface area contributed by atoms with Crippen LogP contribution in [0.3, 0.4) is 0 Å². The Labute approximate surface area is 160 Å². The molecule has 0 aliphatic rings. The molecule has 0 heterocycles. The SMILES string of the molecule is CN(CC(=O)Nc1ccccc1Cl)C(=O)COC(=O)c1ccc(Cl)cc1. The second-order valence-corrected chi connectivity index (χ2v) is 6.20. The summed E-state index contributed by atoms with van der Waals surface area (Å²) in [5.41, 5.74) is 0.732. The standard InChI is InChI=1S/C18H16Cl2N2O4/c1-22(10-16(23)21-15-5-3-2-4-14(15)20)17(24)11-26-18(25)12-6-8-13(19)9-7-12/h2-9H,10-11H2,1H3,(H,21,23). The molecule has 0 aliphatic carbocycles. The van der Waals surface area contributed by atoms with Crippen LogP contribution in [0.2, 0.25) is 10.0 Å². The minimum atomic E-state index is -0.649. The van der Waals surface area contributed by atoms with Gasteiger partial charge in [-0.2, -0.15) is 0 Å². The Balaban J connectivity index is 1.81. The Morgan fingerprint density at radius 1 is 1.04 bits per heavy atom. The number of ether oxygens (including phenoxy) is 1. The van der Waals surface area contributed by atoms with Crippen molar-refractivity contribution >= 4 is 46.7 Å². The van der Waals surface area contributed by atoms with E-state index >= 15 is 0 Å². The van der Waals surface area contributed by atoms with Crippen molar-refractivity contribution in [1.82, 2.24) is 4.90 Å². The van der Waals surface area contributed by atoms with Crippen LogP contribution in [0.1, 0.15) is 10.4 Å². The predicted molar refractivity (Wildman–Crippen MR) is 99.5 cm³/mol. The molecule has 0 atom stereocenters. The average molecular weight is 395 g/mol. The van der Waals surface area contributed by atoms with Crippen LogP contribution in [0, 0.1) is 0 Å². The van der Waals surface area contributed by atoms with Gasteiger partial charge in [0.1, 0.15) is 0 Å². The molecule has 136 valence electrons. The van der Waals surface area contributed by atoms with Crippen LogP contribution in [0.25, 0.3) is 0 Å². The van der Waals surface area contributed by atoms with Gasteiger partial charge in [0.15, 0.2) is 6.61 Å². The highest BCUT2D eigenvalue weighted by atomic mass is 35.5. The van der Waals surface area contributed by atoms with Crippen molar-refractivity contribution in [1.29, 1.82) is 0 Å². The van der Waals surface area contributed by atoms with E-state index in [0.717, 1.165) is 4.90 Å². The normalized spacial score (nSPS) is 10.1. The van der Waals surface area contributed by atoms with Gasteiger partial charge in [0.05, 0.1) is 22.8 Å². The molecule has 0 unspecified atom stereocenters. The van der Waals surface area contributed by atoms with Crippen LogP contribution < -0.4 is 5.32 Å². The maximum atomic E-state index is 12.0. The Kier molecular flexibility index (Phi) is 7.00. The van der Waals surface area contributed by atoms with Crippen LogP contribution >= 0.6 is 23.2 Å². The molecule has 2 amide bonds. The van der Waals surface area contributed by atoms with E-state index < -0.39 is 24.4 Å². The monoisotopic (exact) mass is 394 g/mol. The van der Waals surface area contributed by atoms with E-state index in [2.05, 4.69) is 5.32 Å². The number of hydrogen-bond donors (Lipinski definition) is 1. The maximum Gasteiger partial charge on any atom is 0.338 e. The third-order valence-electron chi connectivity index (χ3n) is 3.36. The maximum absolute atomic E-state index is 12.0. The summed E-state index contributed by atoms with van der Waals surface area (Å²) in [6.07, 6.45) is 0. The lowest BCUT2D eigenvalue weighted by Gasteiger charge is -2.17. The molecular formula is C18H16Cl2N2O4. The fourth-order valence-corrected chi connectivity index (χ4v) is 2.27. The Hall–Kier alpha value is -2.57. The van der Waals surface area contributed by atoms with E-state index in [0.29, 0.717) is 15.7 Å². The molecule has 26 heavy (non-hydrogen) atoms. The number of rotatable bonds is 6. The molecule has 2 aromatic carbocycles. The molecule has 0 aliphatic heterocycles. The number of amides is 2. The minimum absolute atomic E-state index is 0.206. The van der Waals surface area contributed by atoms with E-state index in [-0.39, 0.29) is 12.1 Å².